The van der Waals surface area contributed by atoms with Gasteiger partial charge in [-0.25, -0.2) is 13.1 Å². The van der Waals surface area contributed by atoms with Gasteiger partial charge in [0.05, 0.1) is 29.8 Å². The van der Waals surface area contributed by atoms with E-state index in [2.05, 4.69) is 18.9 Å². The molecule has 130 valence electrons. The van der Waals surface area contributed by atoms with E-state index in [1.165, 1.54) is 0 Å². The van der Waals surface area contributed by atoms with Gasteiger partial charge < -0.3 is 10.5 Å². The van der Waals surface area contributed by atoms with E-state index < -0.39 is 9.84 Å². The summed E-state index contributed by atoms with van der Waals surface area (Å²) in [5.74, 6) is 2.10. The lowest BCUT2D eigenvalue weighted by Gasteiger charge is -2.10. The number of anilines is 1. The molecule has 2 heterocycles. The summed E-state index contributed by atoms with van der Waals surface area (Å²) >= 11 is 0. The third-order valence-corrected chi connectivity index (χ3v) is 5.80. The van der Waals surface area contributed by atoms with E-state index in [-0.39, 0.29) is 17.5 Å². The van der Waals surface area contributed by atoms with Gasteiger partial charge in [0, 0.05) is 11.6 Å². The van der Waals surface area contributed by atoms with E-state index >= 15 is 0 Å². The van der Waals surface area contributed by atoms with Crippen LogP contribution in [0.15, 0.2) is 30.3 Å². The van der Waals surface area contributed by atoms with Crippen LogP contribution in [0.2, 0.25) is 0 Å². The zero-order valence-electron chi connectivity index (χ0n) is 14.0. The van der Waals surface area contributed by atoms with E-state index in [1.54, 1.807) is 10.7 Å². The van der Waals surface area contributed by atoms with Crippen molar-refractivity contribution in [2.75, 3.05) is 23.8 Å². The molecule has 1 aromatic carbocycles. The Hall–Kier alpha value is -2.02. The van der Waals surface area contributed by atoms with Crippen LogP contribution in [-0.2, 0) is 9.84 Å². The van der Waals surface area contributed by atoms with Crippen LogP contribution in [0.3, 0.4) is 0 Å². The van der Waals surface area contributed by atoms with E-state index in [1.807, 2.05) is 24.3 Å². The fraction of sp³-hybridized carbons (Fsp3) is 0.471. The molecule has 1 atom stereocenters. The maximum Gasteiger partial charge on any atom is 0.152 e. The third kappa shape index (κ3) is 3.72. The number of aromatic nitrogens is 2. The van der Waals surface area contributed by atoms with Crippen molar-refractivity contribution >= 4 is 15.7 Å². The quantitative estimate of drug-likeness (QED) is 0.896. The minimum Gasteiger partial charge on any atom is -0.493 e. The summed E-state index contributed by atoms with van der Waals surface area (Å²) in [6.07, 6.45) is 0.565. The minimum absolute atomic E-state index is 0.111. The number of nitrogens with zero attached hydrogens (tertiary/aromatic N) is 2. The third-order valence-electron chi connectivity index (χ3n) is 4.05. The van der Waals surface area contributed by atoms with E-state index in [0.717, 1.165) is 17.0 Å². The maximum atomic E-state index is 11.7. The molecule has 3 rings (SSSR count). The number of nitrogen functional groups attached to an aromatic ring is 1. The van der Waals surface area contributed by atoms with Gasteiger partial charge in [-0.05, 0) is 36.6 Å². The van der Waals surface area contributed by atoms with Crippen LogP contribution < -0.4 is 10.5 Å². The lowest BCUT2D eigenvalue weighted by molar-refractivity contribution is 0.271. The lowest BCUT2D eigenvalue weighted by atomic mass is 10.1. The highest BCUT2D eigenvalue weighted by atomic mass is 32.2. The number of hydrogen-bond donors (Lipinski definition) is 1. The van der Waals surface area contributed by atoms with Gasteiger partial charge in [0.1, 0.15) is 11.6 Å². The Balaban J connectivity index is 1.77. The fourth-order valence-electron chi connectivity index (χ4n) is 2.80. The summed E-state index contributed by atoms with van der Waals surface area (Å²) in [6.45, 7) is 4.89. The monoisotopic (exact) mass is 349 g/mol. The van der Waals surface area contributed by atoms with Crippen molar-refractivity contribution < 1.29 is 13.2 Å². The predicted octanol–water partition coefficient (Wildman–Crippen LogP) is 2.53. The molecule has 1 fully saturated rings. The first-order valence-electron chi connectivity index (χ1n) is 8.13. The number of ether oxygens (including phenoxy) is 1. The summed E-state index contributed by atoms with van der Waals surface area (Å²) in [5.41, 5.74) is 7.71. The molecule has 24 heavy (non-hydrogen) atoms. The van der Waals surface area contributed by atoms with Gasteiger partial charge in [-0.15, -0.1) is 0 Å². The van der Waals surface area contributed by atoms with Gasteiger partial charge >= 0.3 is 0 Å². The molecular weight excluding hydrogens is 326 g/mol. The number of rotatable bonds is 5. The molecule has 6 nitrogen and oxygen atoms in total. The molecule has 7 heteroatoms. The maximum absolute atomic E-state index is 11.7. The summed E-state index contributed by atoms with van der Waals surface area (Å²) in [4.78, 5) is 0. The van der Waals surface area contributed by atoms with Crippen LogP contribution in [-0.4, -0.2) is 36.3 Å². The zero-order valence-corrected chi connectivity index (χ0v) is 14.8. The molecule has 0 spiro atoms. The van der Waals surface area contributed by atoms with Crippen molar-refractivity contribution in [1.29, 1.82) is 0 Å². The van der Waals surface area contributed by atoms with Crippen molar-refractivity contribution in [2.45, 2.75) is 26.3 Å². The molecule has 0 aliphatic carbocycles. The molecule has 0 bridgehead atoms. The van der Waals surface area contributed by atoms with Crippen molar-refractivity contribution in [3.05, 3.63) is 30.3 Å². The Morgan fingerprint density at radius 2 is 2.04 bits per heavy atom. The van der Waals surface area contributed by atoms with Gasteiger partial charge in [0.25, 0.3) is 0 Å². The SMILES string of the molecule is CC(C)COc1ccc(-c2cc(N)n([C@@H]3CCS(=O)(=O)C3)n2)cc1. The van der Waals surface area contributed by atoms with Crippen molar-refractivity contribution in [2.24, 2.45) is 5.92 Å². The average Bonchev–Trinajstić information content (AvgIpc) is 3.08. The first-order chi connectivity index (χ1) is 11.3. The normalized spacial score (nSPS) is 19.7. The number of hydrogen-bond acceptors (Lipinski definition) is 5. The van der Waals surface area contributed by atoms with Gasteiger partial charge in [0.15, 0.2) is 9.84 Å². The van der Waals surface area contributed by atoms with Gasteiger partial charge in [-0.3, -0.25) is 0 Å². The zero-order chi connectivity index (χ0) is 17.3. The highest BCUT2D eigenvalue weighted by Gasteiger charge is 2.31. The molecule has 1 aliphatic heterocycles. The van der Waals surface area contributed by atoms with E-state index in [0.29, 0.717) is 24.8 Å². The summed E-state index contributed by atoms with van der Waals surface area (Å²) in [5, 5.41) is 4.52. The fourth-order valence-corrected chi connectivity index (χ4v) is 4.49. The topological polar surface area (TPSA) is 87.2 Å². The molecule has 0 amide bonds. The highest BCUT2D eigenvalue weighted by Crippen LogP contribution is 2.29. The second-order valence-corrected chi connectivity index (χ2v) is 8.91. The summed E-state index contributed by atoms with van der Waals surface area (Å²) in [6, 6.07) is 9.31. The highest BCUT2D eigenvalue weighted by molar-refractivity contribution is 7.91. The van der Waals surface area contributed by atoms with Gasteiger partial charge in [-0.2, -0.15) is 5.10 Å². The van der Waals surface area contributed by atoms with E-state index in [4.69, 9.17) is 10.5 Å². The largest absolute Gasteiger partial charge is 0.493 e. The lowest BCUT2D eigenvalue weighted by Crippen LogP contribution is -2.14. The molecule has 1 saturated heterocycles. The van der Waals surface area contributed by atoms with Crippen LogP contribution >= 0.6 is 0 Å². The number of sulfone groups is 1. The molecule has 0 saturated carbocycles. The van der Waals surface area contributed by atoms with E-state index in [9.17, 15) is 8.42 Å². The molecule has 2 N–H and O–H groups in total. The summed E-state index contributed by atoms with van der Waals surface area (Å²) < 4.78 is 30.6. The Morgan fingerprint density at radius 3 is 2.62 bits per heavy atom. The van der Waals surface area contributed by atoms with Gasteiger partial charge in [-0.1, -0.05) is 13.8 Å². The number of benzene rings is 1. The Morgan fingerprint density at radius 1 is 1.33 bits per heavy atom. The van der Waals surface area contributed by atoms with Crippen molar-refractivity contribution in [1.82, 2.24) is 9.78 Å². The Kier molecular flexibility index (Phi) is 4.54. The average molecular weight is 349 g/mol. The van der Waals surface area contributed by atoms with Gasteiger partial charge in [0.2, 0.25) is 0 Å². The van der Waals surface area contributed by atoms with Crippen molar-refractivity contribution in [3.63, 3.8) is 0 Å². The standard InChI is InChI=1S/C17H23N3O3S/c1-12(2)10-23-15-5-3-13(4-6-15)16-9-17(18)20(19-16)14-7-8-24(21,22)11-14/h3-6,9,12,14H,7-8,10-11,18H2,1-2H3/t14-/m1/s1. The molecular formula is C17H23N3O3S. The van der Waals surface area contributed by atoms with Crippen LogP contribution in [0.4, 0.5) is 5.82 Å². The smallest absolute Gasteiger partial charge is 0.152 e. The Labute approximate surface area is 142 Å². The minimum atomic E-state index is -2.97. The molecule has 1 aliphatic rings. The van der Waals surface area contributed by atoms with Crippen LogP contribution in [0.1, 0.15) is 26.3 Å². The molecule has 2 aromatic rings. The molecule has 0 radical (unpaired) electrons. The molecule has 0 unspecified atom stereocenters. The predicted molar refractivity (Wildman–Crippen MR) is 94.7 cm³/mol. The second-order valence-electron chi connectivity index (χ2n) is 6.69. The molecule has 1 aromatic heterocycles. The van der Waals surface area contributed by atoms with Crippen molar-refractivity contribution in [3.8, 4) is 17.0 Å². The second kappa shape index (κ2) is 6.47. The van der Waals surface area contributed by atoms with Crippen LogP contribution in [0, 0.1) is 5.92 Å². The first kappa shape index (κ1) is 16.8. The summed E-state index contributed by atoms with van der Waals surface area (Å²) in [7, 11) is -2.97. The first-order valence-corrected chi connectivity index (χ1v) is 9.95. The van der Waals surface area contributed by atoms with Crippen LogP contribution in [0.5, 0.6) is 5.75 Å². The number of nitrogens with two attached hydrogens (primary N) is 1. The van der Waals surface area contributed by atoms with Crippen LogP contribution in [0.25, 0.3) is 11.3 Å². The Bertz CT molecular complexity index is 810.